The van der Waals surface area contributed by atoms with Gasteiger partial charge < -0.3 is 4.90 Å². The summed E-state index contributed by atoms with van der Waals surface area (Å²) in [6, 6.07) is 22.8. The molecule has 4 aromatic rings. The van der Waals surface area contributed by atoms with E-state index in [4.69, 9.17) is 0 Å². The first-order valence-electron chi connectivity index (χ1n) is 16.8. The van der Waals surface area contributed by atoms with Crippen LogP contribution in [0.3, 0.4) is 0 Å². The molecular weight excluding hydrogens is 658 g/mol. The van der Waals surface area contributed by atoms with Gasteiger partial charge in [0.25, 0.3) is 0 Å². The average molecular weight is 698 g/mol. The smallest absolute Gasteiger partial charge is 0.335 e. The maximum atomic E-state index is 13.7. The van der Waals surface area contributed by atoms with Crippen molar-refractivity contribution >= 4 is 38.6 Å². The fourth-order valence-electron chi connectivity index (χ4n) is 7.51. The molecule has 0 fully saturated rings. The minimum atomic E-state index is -4.38. The third-order valence-electron chi connectivity index (χ3n) is 9.58. The standard InChI is InChI=1S/C43H39F6N2/c1-40(2)36(50(28-42(44,45)46)34-26-24-30-18-14-16-20-32(30)38(34)40)22-12-10-8-6-5-7-9-11-13-23-37-41(3,4)39-33-21-17-15-19-31(33)25-27-35(39)51(37)29-43(47,48)49/h5-27H,28-29H2,1-4H3/q+1. The van der Waals surface area contributed by atoms with E-state index >= 15 is 0 Å². The maximum Gasteiger partial charge on any atom is 0.448 e. The van der Waals surface area contributed by atoms with E-state index in [9.17, 15) is 26.3 Å². The third-order valence-corrected chi connectivity index (χ3v) is 9.58. The third kappa shape index (κ3) is 7.23. The molecule has 0 radical (unpaired) electrons. The molecule has 262 valence electrons. The summed E-state index contributed by atoms with van der Waals surface area (Å²) in [6.07, 6.45) is 10.7. The zero-order valence-electron chi connectivity index (χ0n) is 28.9. The Balaban J connectivity index is 1.16. The fourth-order valence-corrected chi connectivity index (χ4v) is 7.51. The van der Waals surface area contributed by atoms with E-state index in [1.165, 1.54) is 9.48 Å². The molecule has 0 aromatic heterocycles. The molecule has 2 heterocycles. The first-order chi connectivity index (χ1) is 24.1. The van der Waals surface area contributed by atoms with Gasteiger partial charge in [-0.2, -0.15) is 30.9 Å². The number of benzene rings is 4. The van der Waals surface area contributed by atoms with Gasteiger partial charge in [-0.15, -0.1) is 0 Å². The van der Waals surface area contributed by atoms with Crippen molar-refractivity contribution in [2.45, 2.75) is 50.9 Å². The molecule has 0 atom stereocenters. The molecule has 0 amide bonds. The highest BCUT2D eigenvalue weighted by Crippen LogP contribution is 2.51. The Kier molecular flexibility index (Phi) is 9.49. The van der Waals surface area contributed by atoms with Crippen molar-refractivity contribution in [1.82, 2.24) is 0 Å². The summed E-state index contributed by atoms with van der Waals surface area (Å²) in [6.45, 7) is 5.65. The van der Waals surface area contributed by atoms with Crippen molar-refractivity contribution in [3.05, 3.63) is 156 Å². The minimum Gasteiger partial charge on any atom is -0.335 e. The van der Waals surface area contributed by atoms with Gasteiger partial charge in [0.1, 0.15) is 6.54 Å². The molecule has 0 aliphatic carbocycles. The van der Waals surface area contributed by atoms with Crippen molar-refractivity contribution in [2.24, 2.45) is 0 Å². The van der Waals surface area contributed by atoms with E-state index in [1.807, 2.05) is 88.4 Å². The van der Waals surface area contributed by atoms with Gasteiger partial charge >= 0.3 is 12.4 Å². The van der Waals surface area contributed by atoms with Gasteiger partial charge in [-0.1, -0.05) is 123 Å². The zero-order chi connectivity index (χ0) is 36.6. The molecule has 8 heteroatoms. The lowest BCUT2D eigenvalue weighted by atomic mass is 9.79. The Hall–Kier alpha value is -5.11. The highest BCUT2D eigenvalue weighted by molar-refractivity contribution is 6.07. The van der Waals surface area contributed by atoms with Gasteiger partial charge in [0.2, 0.25) is 12.2 Å². The van der Waals surface area contributed by atoms with Crippen LogP contribution in [0.5, 0.6) is 0 Å². The van der Waals surface area contributed by atoms with Crippen molar-refractivity contribution in [2.75, 3.05) is 18.0 Å². The maximum absolute atomic E-state index is 13.7. The van der Waals surface area contributed by atoms with Crippen LogP contribution in [-0.4, -0.2) is 35.7 Å². The van der Waals surface area contributed by atoms with E-state index in [1.54, 1.807) is 79.0 Å². The molecule has 4 aromatic carbocycles. The van der Waals surface area contributed by atoms with Crippen LogP contribution in [0.2, 0.25) is 0 Å². The Labute approximate surface area is 294 Å². The number of allylic oxidation sites excluding steroid dienone is 12. The number of hydrogen-bond donors (Lipinski definition) is 0. The molecule has 0 spiro atoms. The molecule has 0 N–H and O–H groups in total. The van der Waals surface area contributed by atoms with Gasteiger partial charge in [-0.25, -0.2) is 0 Å². The summed E-state index contributed by atoms with van der Waals surface area (Å²) in [5.74, 6) is 0. The van der Waals surface area contributed by atoms with Crippen LogP contribution in [0, 0.1) is 0 Å². The highest BCUT2D eigenvalue weighted by atomic mass is 19.4. The van der Waals surface area contributed by atoms with Gasteiger partial charge in [-0.05, 0) is 59.2 Å². The van der Waals surface area contributed by atoms with Crippen molar-refractivity contribution in [3.8, 4) is 0 Å². The topological polar surface area (TPSA) is 6.25 Å². The molecule has 2 aliphatic heterocycles. The number of nitrogens with zero attached hydrogens (tertiary/aromatic N) is 2. The molecule has 0 saturated heterocycles. The molecule has 2 aliphatic rings. The fraction of sp³-hybridized carbons (Fsp3) is 0.233. The van der Waals surface area contributed by atoms with Gasteiger partial charge in [0.05, 0.1) is 5.41 Å². The molecule has 0 saturated carbocycles. The van der Waals surface area contributed by atoms with Crippen LogP contribution >= 0.6 is 0 Å². The summed E-state index contributed by atoms with van der Waals surface area (Å²) in [5, 5.41) is 3.85. The molecule has 0 unspecified atom stereocenters. The van der Waals surface area contributed by atoms with Crippen LogP contribution in [0.25, 0.3) is 21.5 Å². The number of hydrogen-bond acceptors (Lipinski definition) is 1. The van der Waals surface area contributed by atoms with Crippen LogP contribution in [0.4, 0.5) is 37.7 Å². The second-order valence-electron chi connectivity index (χ2n) is 13.9. The van der Waals surface area contributed by atoms with Crippen LogP contribution < -0.4 is 4.90 Å². The van der Waals surface area contributed by atoms with Gasteiger partial charge in [0.15, 0.2) is 5.71 Å². The van der Waals surface area contributed by atoms with E-state index in [2.05, 4.69) is 0 Å². The van der Waals surface area contributed by atoms with E-state index in [0.717, 1.165) is 32.7 Å². The van der Waals surface area contributed by atoms with Crippen molar-refractivity contribution in [3.63, 3.8) is 0 Å². The number of halogens is 6. The van der Waals surface area contributed by atoms with E-state index in [-0.39, 0.29) is 0 Å². The molecule has 6 rings (SSSR count). The molecule has 0 bridgehead atoms. The van der Waals surface area contributed by atoms with Crippen molar-refractivity contribution < 1.29 is 30.9 Å². The summed E-state index contributed by atoms with van der Waals surface area (Å²) < 4.78 is 83.7. The normalized spacial score (nSPS) is 18.4. The monoisotopic (exact) mass is 697 g/mol. The van der Waals surface area contributed by atoms with E-state index in [0.29, 0.717) is 22.8 Å². The predicted molar refractivity (Wildman–Crippen MR) is 197 cm³/mol. The van der Waals surface area contributed by atoms with Crippen LogP contribution in [0.15, 0.2) is 145 Å². The minimum absolute atomic E-state index is 0.564. The van der Waals surface area contributed by atoms with Crippen molar-refractivity contribution in [1.29, 1.82) is 0 Å². The summed E-state index contributed by atoms with van der Waals surface area (Å²) in [4.78, 5) is 1.36. The lowest BCUT2D eigenvalue weighted by Crippen LogP contribution is -2.34. The lowest BCUT2D eigenvalue weighted by Gasteiger charge is -2.27. The zero-order valence-corrected chi connectivity index (χ0v) is 28.9. The van der Waals surface area contributed by atoms with E-state index < -0.39 is 36.3 Å². The van der Waals surface area contributed by atoms with Crippen LogP contribution in [0.1, 0.15) is 38.8 Å². The predicted octanol–water partition coefficient (Wildman–Crippen LogP) is 12.0. The SMILES string of the molecule is CC1(C)C(=CC=CC=CC=CC=CC=CC2=[N+](CC(F)(F)F)c3ccc4ccccc4c3C2(C)C)N(CC(F)(F)F)c2ccc3ccccc3c21. The summed E-state index contributed by atoms with van der Waals surface area (Å²) in [7, 11) is 0. The van der Waals surface area contributed by atoms with Gasteiger partial charge in [0, 0.05) is 34.5 Å². The Morgan fingerprint density at radius 1 is 0.588 bits per heavy atom. The summed E-state index contributed by atoms with van der Waals surface area (Å²) >= 11 is 0. The number of rotatable bonds is 8. The second-order valence-corrected chi connectivity index (χ2v) is 13.9. The number of alkyl halides is 6. The first-order valence-corrected chi connectivity index (χ1v) is 16.8. The molecule has 2 nitrogen and oxygen atoms in total. The lowest BCUT2D eigenvalue weighted by molar-refractivity contribution is -0.480. The second kappa shape index (κ2) is 13.5. The average Bonchev–Trinajstić information content (AvgIpc) is 3.40. The first kappa shape index (κ1) is 35.7. The Morgan fingerprint density at radius 2 is 1.12 bits per heavy atom. The summed E-state index contributed by atoms with van der Waals surface area (Å²) in [5.41, 5.74) is 2.71. The number of anilines is 1. The van der Waals surface area contributed by atoms with Crippen LogP contribution in [-0.2, 0) is 10.8 Å². The number of fused-ring (bicyclic) bond motifs is 6. The quantitative estimate of drug-likeness (QED) is 0.101. The molecule has 51 heavy (non-hydrogen) atoms. The van der Waals surface area contributed by atoms with Gasteiger partial charge in [-0.3, -0.25) is 0 Å². The highest BCUT2D eigenvalue weighted by Gasteiger charge is 2.49. The largest absolute Gasteiger partial charge is 0.448 e. The Bertz CT molecular complexity index is 2190. The molecular formula is C43H39F6N2+. The Morgan fingerprint density at radius 3 is 1.71 bits per heavy atom.